The molecule has 0 saturated heterocycles. The van der Waals surface area contributed by atoms with E-state index in [9.17, 15) is 14.4 Å². The zero-order valence-electron chi connectivity index (χ0n) is 13.8. The molecule has 0 bridgehead atoms. The number of halogens is 2. The van der Waals surface area contributed by atoms with Crippen molar-refractivity contribution in [2.75, 3.05) is 13.2 Å². The monoisotopic (exact) mass is 419 g/mol. The molecule has 134 valence electrons. The Balaban J connectivity index is 2.46. The van der Waals surface area contributed by atoms with Crippen LogP contribution in [0.3, 0.4) is 0 Å². The van der Waals surface area contributed by atoms with Gasteiger partial charge in [0.2, 0.25) is 0 Å². The van der Waals surface area contributed by atoms with Crippen molar-refractivity contribution in [3.05, 3.63) is 57.8 Å². The highest BCUT2D eigenvalue weighted by Crippen LogP contribution is 2.35. The first-order chi connectivity index (χ1) is 12.4. The second kappa shape index (κ2) is 9.02. The lowest BCUT2D eigenvalue weighted by molar-refractivity contribution is -0.139. The van der Waals surface area contributed by atoms with Crippen molar-refractivity contribution in [3.63, 3.8) is 0 Å². The number of nitrogens with zero attached hydrogens (tertiary/aromatic N) is 1. The second-order valence-corrected chi connectivity index (χ2v) is 5.97. The topological polar surface area (TPSA) is 79.5 Å². The number of aliphatic carboxylic acids is 1. The molecule has 2 rings (SSSR count). The van der Waals surface area contributed by atoms with Crippen molar-refractivity contribution in [1.29, 1.82) is 5.26 Å². The zero-order valence-corrected chi connectivity index (χ0v) is 15.4. The number of benzene rings is 2. The highest BCUT2D eigenvalue weighted by molar-refractivity contribution is 9.10. The van der Waals surface area contributed by atoms with E-state index in [0.717, 1.165) is 0 Å². The van der Waals surface area contributed by atoms with Gasteiger partial charge in [0.1, 0.15) is 5.82 Å². The van der Waals surface area contributed by atoms with Gasteiger partial charge in [0.25, 0.3) is 0 Å². The molecule has 26 heavy (non-hydrogen) atoms. The van der Waals surface area contributed by atoms with Gasteiger partial charge >= 0.3 is 5.97 Å². The van der Waals surface area contributed by atoms with Crippen LogP contribution in [-0.4, -0.2) is 24.3 Å². The van der Waals surface area contributed by atoms with Crippen molar-refractivity contribution in [3.8, 4) is 17.6 Å². The van der Waals surface area contributed by atoms with Crippen LogP contribution >= 0.6 is 15.9 Å². The first-order valence-electron chi connectivity index (χ1n) is 7.63. The summed E-state index contributed by atoms with van der Waals surface area (Å²) in [5.74, 6) is -0.928. The minimum Gasteiger partial charge on any atom is -0.490 e. The molecule has 5 nitrogen and oxygen atoms in total. The predicted molar refractivity (Wildman–Crippen MR) is 98.3 cm³/mol. The van der Waals surface area contributed by atoms with E-state index >= 15 is 0 Å². The molecule has 0 radical (unpaired) electrons. The quantitative estimate of drug-likeness (QED) is 0.527. The molecule has 0 atom stereocenters. The Morgan fingerprint density at radius 3 is 2.65 bits per heavy atom. The largest absolute Gasteiger partial charge is 0.490 e. The Hall–Kier alpha value is -2.85. The first kappa shape index (κ1) is 19.5. The van der Waals surface area contributed by atoms with Crippen LogP contribution in [0.15, 0.2) is 40.9 Å². The van der Waals surface area contributed by atoms with E-state index in [0.29, 0.717) is 28.0 Å². The normalized spacial score (nSPS) is 10.9. The SMILES string of the molecule is CCOc1cc(/C=C(/C#N)c2cccc(F)c2)c(Br)cc1OCC(=O)O. The van der Waals surface area contributed by atoms with Gasteiger partial charge in [-0.3, -0.25) is 0 Å². The summed E-state index contributed by atoms with van der Waals surface area (Å²) in [5.41, 5.74) is 1.33. The summed E-state index contributed by atoms with van der Waals surface area (Å²) in [4.78, 5) is 10.7. The molecule has 0 amide bonds. The number of nitriles is 1. The number of allylic oxidation sites excluding steroid dienone is 1. The van der Waals surface area contributed by atoms with Gasteiger partial charge in [-0.2, -0.15) is 5.26 Å². The van der Waals surface area contributed by atoms with E-state index in [1.807, 2.05) is 0 Å². The van der Waals surface area contributed by atoms with E-state index in [1.54, 1.807) is 31.2 Å². The number of carbonyl (C=O) groups is 1. The molecule has 0 saturated carbocycles. The van der Waals surface area contributed by atoms with Crippen LogP contribution in [0.5, 0.6) is 11.5 Å². The fraction of sp³-hybridized carbons (Fsp3) is 0.158. The Morgan fingerprint density at radius 2 is 2.04 bits per heavy atom. The van der Waals surface area contributed by atoms with Gasteiger partial charge in [0.05, 0.1) is 18.2 Å². The summed E-state index contributed by atoms with van der Waals surface area (Å²) < 4.78 is 24.7. The highest BCUT2D eigenvalue weighted by atomic mass is 79.9. The summed E-state index contributed by atoms with van der Waals surface area (Å²) in [6.45, 7) is 1.63. The summed E-state index contributed by atoms with van der Waals surface area (Å²) in [6, 6.07) is 11.0. The lowest BCUT2D eigenvalue weighted by Gasteiger charge is -2.13. The van der Waals surface area contributed by atoms with Crippen LogP contribution in [0.1, 0.15) is 18.1 Å². The Morgan fingerprint density at radius 1 is 1.31 bits per heavy atom. The average Bonchev–Trinajstić information content (AvgIpc) is 2.60. The molecule has 0 heterocycles. The second-order valence-electron chi connectivity index (χ2n) is 5.12. The Kier molecular flexibility index (Phi) is 6.75. The van der Waals surface area contributed by atoms with Crippen molar-refractivity contribution >= 4 is 33.5 Å². The van der Waals surface area contributed by atoms with Crippen molar-refractivity contribution in [2.45, 2.75) is 6.92 Å². The lowest BCUT2D eigenvalue weighted by atomic mass is 10.0. The van der Waals surface area contributed by atoms with Gasteiger partial charge in [0.15, 0.2) is 18.1 Å². The smallest absolute Gasteiger partial charge is 0.341 e. The standard InChI is InChI=1S/C19H15BrFNO4/c1-2-25-17-8-13(16(20)9-18(17)26-11-19(23)24)6-14(10-22)12-4-3-5-15(21)7-12/h3-9H,2,11H2,1H3,(H,23,24)/b14-6-. The zero-order chi connectivity index (χ0) is 19.1. The van der Waals surface area contributed by atoms with E-state index in [1.165, 1.54) is 18.2 Å². The molecular formula is C19H15BrFNO4. The van der Waals surface area contributed by atoms with Gasteiger partial charge in [-0.1, -0.05) is 28.1 Å². The van der Waals surface area contributed by atoms with E-state index in [2.05, 4.69) is 22.0 Å². The molecule has 0 fully saturated rings. The van der Waals surface area contributed by atoms with Crippen molar-refractivity contribution in [2.24, 2.45) is 0 Å². The minimum absolute atomic E-state index is 0.266. The van der Waals surface area contributed by atoms with E-state index in [-0.39, 0.29) is 11.3 Å². The van der Waals surface area contributed by atoms with Crippen LogP contribution in [0, 0.1) is 17.1 Å². The molecule has 0 unspecified atom stereocenters. The number of ether oxygens (including phenoxy) is 2. The third kappa shape index (κ3) is 5.07. The number of rotatable bonds is 7. The van der Waals surface area contributed by atoms with Crippen LogP contribution in [0.4, 0.5) is 4.39 Å². The summed E-state index contributed by atoms with van der Waals surface area (Å²) in [5, 5.41) is 18.2. The predicted octanol–water partition coefficient (Wildman–Crippen LogP) is 4.51. The first-order valence-corrected chi connectivity index (χ1v) is 8.42. The fourth-order valence-electron chi connectivity index (χ4n) is 2.17. The third-order valence-electron chi connectivity index (χ3n) is 3.27. The fourth-order valence-corrected chi connectivity index (χ4v) is 2.61. The van der Waals surface area contributed by atoms with Crippen LogP contribution in [0.2, 0.25) is 0 Å². The minimum atomic E-state index is -1.11. The maximum atomic E-state index is 13.4. The van der Waals surface area contributed by atoms with Gasteiger partial charge in [-0.25, -0.2) is 9.18 Å². The Labute approximate surface area is 158 Å². The lowest BCUT2D eigenvalue weighted by Crippen LogP contribution is -2.10. The molecule has 2 aromatic carbocycles. The number of carboxylic acid groups (broad SMARTS) is 1. The number of carboxylic acids is 1. The highest BCUT2D eigenvalue weighted by Gasteiger charge is 2.13. The van der Waals surface area contributed by atoms with E-state index < -0.39 is 18.4 Å². The summed E-state index contributed by atoms with van der Waals surface area (Å²) in [7, 11) is 0. The molecule has 0 aliphatic heterocycles. The number of hydrogen-bond donors (Lipinski definition) is 1. The van der Waals surface area contributed by atoms with E-state index in [4.69, 9.17) is 14.6 Å². The maximum Gasteiger partial charge on any atom is 0.341 e. The maximum absolute atomic E-state index is 13.4. The van der Waals surface area contributed by atoms with Crippen molar-refractivity contribution in [1.82, 2.24) is 0 Å². The molecule has 0 spiro atoms. The van der Waals surface area contributed by atoms with Crippen LogP contribution in [0.25, 0.3) is 11.6 Å². The van der Waals surface area contributed by atoms with Crippen molar-refractivity contribution < 1.29 is 23.8 Å². The summed E-state index contributed by atoms with van der Waals surface area (Å²) in [6.07, 6.45) is 1.59. The number of hydrogen-bond acceptors (Lipinski definition) is 4. The van der Waals surface area contributed by atoms with Crippen LogP contribution < -0.4 is 9.47 Å². The van der Waals surface area contributed by atoms with Gasteiger partial charge in [-0.05, 0) is 48.4 Å². The molecule has 0 aliphatic rings. The molecule has 7 heteroatoms. The van der Waals surface area contributed by atoms with Gasteiger partial charge in [0, 0.05) is 4.47 Å². The third-order valence-corrected chi connectivity index (χ3v) is 3.96. The molecule has 0 aromatic heterocycles. The molecular weight excluding hydrogens is 405 g/mol. The van der Waals surface area contributed by atoms with Gasteiger partial charge in [-0.15, -0.1) is 0 Å². The molecule has 2 aromatic rings. The molecule has 0 aliphatic carbocycles. The Bertz CT molecular complexity index is 890. The molecule has 1 N–H and O–H groups in total. The van der Waals surface area contributed by atoms with Crippen LogP contribution in [-0.2, 0) is 4.79 Å². The average molecular weight is 420 g/mol. The van der Waals surface area contributed by atoms with Gasteiger partial charge < -0.3 is 14.6 Å². The summed E-state index contributed by atoms with van der Waals surface area (Å²) >= 11 is 3.37.